The largest absolute Gasteiger partial charge is 0.352 e. The van der Waals surface area contributed by atoms with E-state index in [0.717, 1.165) is 19.3 Å². The van der Waals surface area contributed by atoms with Gasteiger partial charge in [0.2, 0.25) is 5.91 Å². The molecule has 16 heavy (non-hydrogen) atoms. The minimum atomic E-state index is 0.147. The van der Waals surface area contributed by atoms with E-state index in [4.69, 9.17) is 11.6 Å². The number of unbranched alkanes of at least 4 members (excludes halogenated alkanes) is 3. The van der Waals surface area contributed by atoms with Crippen molar-refractivity contribution in [3.63, 3.8) is 0 Å². The molecule has 0 aromatic carbocycles. The summed E-state index contributed by atoms with van der Waals surface area (Å²) in [5.74, 6) is 0.189. The van der Waals surface area contributed by atoms with E-state index in [0.29, 0.717) is 6.42 Å². The fourth-order valence-electron chi connectivity index (χ4n) is 2.24. The van der Waals surface area contributed by atoms with Crippen molar-refractivity contribution in [2.75, 3.05) is 0 Å². The van der Waals surface area contributed by atoms with Crippen LogP contribution in [0.1, 0.15) is 64.7 Å². The summed E-state index contributed by atoms with van der Waals surface area (Å²) in [7, 11) is 0. The van der Waals surface area contributed by atoms with Crippen molar-refractivity contribution in [2.24, 2.45) is 0 Å². The number of hydrogen-bond donors (Lipinski definition) is 1. The Hall–Kier alpha value is -0.240. The second kappa shape index (κ2) is 7.94. The van der Waals surface area contributed by atoms with E-state index in [1.807, 2.05) is 0 Å². The molecule has 2 atom stereocenters. The van der Waals surface area contributed by atoms with Crippen LogP contribution in [0.4, 0.5) is 0 Å². The summed E-state index contributed by atoms with van der Waals surface area (Å²) < 4.78 is 0. The number of halogens is 1. The highest BCUT2D eigenvalue weighted by molar-refractivity contribution is 6.21. The number of amides is 1. The Bertz CT molecular complexity index is 208. The average Bonchev–Trinajstić information content (AvgIpc) is 2.28. The molecule has 1 rings (SSSR count). The van der Waals surface area contributed by atoms with Gasteiger partial charge in [-0.25, -0.2) is 0 Å². The highest BCUT2D eigenvalue weighted by atomic mass is 35.5. The molecule has 0 bridgehead atoms. The third-order valence-electron chi connectivity index (χ3n) is 3.29. The highest BCUT2D eigenvalue weighted by Gasteiger charge is 2.24. The molecule has 2 unspecified atom stereocenters. The van der Waals surface area contributed by atoms with Crippen molar-refractivity contribution in [2.45, 2.75) is 76.1 Å². The zero-order chi connectivity index (χ0) is 11.8. The zero-order valence-corrected chi connectivity index (χ0v) is 11.1. The summed E-state index contributed by atoms with van der Waals surface area (Å²) in [6, 6.07) is 0.217. The molecule has 1 aliphatic rings. The van der Waals surface area contributed by atoms with E-state index in [2.05, 4.69) is 12.2 Å². The normalized spacial score (nSPS) is 25.4. The minimum absolute atomic E-state index is 0.147. The van der Waals surface area contributed by atoms with Gasteiger partial charge < -0.3 is 5.32 Å². The van der Waals surface area contributed by atoms with Crippen molar-refractivity contribution in [3.8, 4) is 0 Å². The first-order valence-electron chi connectivity index (χ1n) is 6.67. The first-order valence-corrected chi connectivity index (χ1v) is 7.11. The molecule has 1 amide bonds. The van der Waals surface area contributed by atoms with Crippen LogP contribution in [0.2, 0.25) is 0 Å². The van der Waals surface area contributed by atoms with Crippen LogP contribution in [0.25, 0.3) is 0 Å². The molecule has 94 valence electrons. The number of rotatable bonds is 6. The van der Waals surface area contributed by atoms with Crippen LogP contribution in [0.15, 0.2) is 0 Å². The molecular weight excluding hydrogens is 222 g/mol. The summed E-state index contributed by atoms with van der Waals surface area (Å²) >= 11 is 6.20. The summed E-state index contributed by atoms with van der Waals surface area (Å²) in [6.45, 7) is 2.18. The van der Waals surface area contributed by atoms with Crippen LogP contribution < -0.4 is 5.32 Å². The van der Waals surface area contributed by atoms with Gasteiger partial charge in [0, 0.05) is 12.5 Å². The standard InChI is InChI=1S/C13H24ClNO/c1-2-3-4-5-10-13(16)15-12-9-7-6-8-11(12)14/h11-12H,2-10H2,1H3,(H,15,16). The molecule has 1 aliphatic carbocycles. The predicted molar refractivity (Wildman–Crippen MR) is 68.8 cm³/mol. The molecule has 1 fully saturated rings. The highest BCUT2D eigenvalue weighted by Crippen LogP contribution is 2.23. The molecule has 1 N–H and O–H groups in total. The van der Waals surface area contributed by atoms with Gasteiger partial charge in [-0.3, -0.25) is 4.79 Å². The van der Waals surface area contributed by atoms with E-state index in [-0.39, 0.29) is 17.3 Å². The Labute approximate surface area is 104 Å². The van der Waals surface area contributed by atoms with Crippen molar-refractivity contribution in [1.29, 1.82) is 0 Å². The zero-order valence-electron chi connectivity index (χ0n) is 10.3. The van der Waals surface area contributed by atoms with Gasteiger partial charge in [-0.2, -0.15) is 0 Å². The lowest BCUT2D eigenvalue weighted by atomic mass is 9.95. The Kier molecular flexibility index (Phi) is 6.86. The number of carbonyl (C=O) groups is 1. The number of alkyl halides is 1. The minimum Gasteiger partial charge on any atom is -0.352 e. The number of hydrogen-bond acceptors (Lipinski definition) is 1. The van der Waals surface area contributed by atoms with Crippen LogP contribution in [0, 0.1) is 0 Å². The predicted octanol–water partition coefficient (Wildman–Crippen LogP) is 3.62. The smallest absolute Gasteiger partial charge is 0.220 e. The molecule has 0 saturated heterocycles. The monoisotopic (exact) mass is 245 g/mol. The van der Waals surface area contributed by atoms with E-state index < -0.39 is 0 Å². The molecule has 0 aliphatic heterocycles. The maximum atomic E-state index is 11.7. The lowest BCUT2D eigenvalue weighted by Gasteiger charge is -2.27. The molecule has 0 spiro atoms. The Morgan fingerprint density at radius 3 is 2.69 bits per heavy atom. The summed E-state index contributed by atoms with van der Waals surface area (Å²) in [5, 5.41) is 3.22. The van der Waals surface area contributed by atoms with Gasteiger partial charge >= 0.3 is 0 Å². The van der Waals surface area contributed by atoms with Crippen molar-refractivity contribution < 1.29 is 4.79 Å². The Morgan fingerprint density at radius 2 is 2.00 bits per heavy atom. The maximum absolute atomic E-state index is 11.7. The van der Waals surface area contributed by atoms with E-state index in [1.54, 1.807) is 0 Å². The summed E-state index contributed by atoms with van der Waals surface area (Å²) in [4.78, 5) is 11.7. The van der Waals surface area contributed by atoms with E-state index in [1.165, 1.54) is 32.1 Å². The summed E-state index contributed by atoms with van der Waals surface area (Å²) in [6.07, 6.45) is 9.79. The maximum Gasteiger partial charge on any atom is 0.220 e. The average molecular weight is 246 g/mol. The van der Waals surface area contributed by atoms with Gasteiger partial charge in [-0.05, 0) is 19.3 Å². The van der Waals surface area contributed by atoms with Crippen LogP contribution in [-0.2, 0) is 4.79 Å². The molecule has 3 heteroatoms. The molecule has 1 saturated carbocycles. The second-order valence-electron chi connectivity index (χ2n) is 4.79. The van der Waals surface area contributed by atoms with E-state index >= 15 is 0 Å². The van der Waals surface area contributed by atoms with Gasteiger partial charge in [0.15, 0.2) is 0 Å². The Balaban J connectivity index is 2.12. The third kappa shape index (κ3) is 5.20. The topological polar surface area (TPSA) is 29.1 Å². The van der Waals surface area contributed by atoms with Crippen molar-refractivity contribution in [1.82, 2.24) is 5.32 Å². The molecular formula is C13H24ClNO. The van der Waals surface area contributed by atoms with Gasteiger partial charge in [0.1, 0.15) is 0 Å². The van der Waals surface area contributed by atoms with Crippen molar-refractivity contribution >= 4 is 17.5 Å². The quantitative estimate of drug-likeness (QED) is 0.562. The van der Waals surface area contributed by atoms with Gasteiger partial charge in [-0.15, -0.1) is 11.6 Å². The second-order valence-corrected chi connectivity index (χ2v) is 5.35. The first kappa shape index (κ1) is 13.8. The van der Waals surface area contributed by atoms with Gasteiger partial charge in [-0.1, -0.05) is 39.0 Å². The van der Waals surface area contributed by atoms with Crippen molar-refractivity contribution in [3.05, 3.63) is 0 Å². The lowest BCUT2D eigenvalue weighted by Crippen LogP contribution is -2.42. The molecule has 0 radical (unpaired) electrons. The summed E-state index contributed by atoms with van der Waals surface area (Å²) in [5.41, 5.74) is 0. The molecule has 0 aromatic rings. The van der Waals surface area contributed by atoms with Crippen LogP contribution >= 0.6 is 11.6 Å². The van der Waals surface area contributed by atoms with E-state index in [9.17, 15) is 4.79 Å². The third-order valence-corrected chi connectivity index (χ3v) is 3.81. The molecule has 2 nitrogen and oxygen atoms in total. The Morgan fingerprint density at radius 1 is 1.25 bits per heavy atom. The molecule has 0 aromatic heterocycles. The number of nitrogens with one attached hydrogen (secondary N) is 1. The molecule has 0 heterocycles. The SMILES string of the molecule is CCCCCCC(=O)NC1CCCCC1Cl. The number of carbonyl (C=O) groups excluding carboxylic acids is 1. The van der Waals surface area contributed by atoms with Crippen LogP contribution in [0.5, 0.6) is 0 Å². The van der Waals surface area contributed by atoms with Crippen LogP contribution in [-0.4, -0.2) is 17.3 Å². The fraction of sp³-hybridized carbons (Fsp3) is 0.923. The van der Waals surface area contributed by atoms with Crippen LogP contribution in [0.3, 0.4) is 0 Å². The van der Waals surface area contributed by atoms with Gasteiger partial charge in [0.25, 0.3) is 0 Å². The lowest BCUT2D eigenvalue weighted by molar-refractivity contribution is -0.122. The first-order chi connectivity index (χ1) is 7.74. The fourth-order valence-corrected chi connectivity index (χ4v) is 2.58. The van der Waals surface area contributed by atoms with Gasteiger partial charge in [0.05, 0.1) is 5.38 Å².